The van der Waals surface area contributed by atoms with Crippen LogP contribution >= 0.6 is 0 Å². The molecule has 2 rings (SSSR count). The summed E-state index contributed by atoms with van der Waals surface area (Å²) < 4.78 is 6.94. The second kappa shape index (κ2) is 5.64. The zero-order valence-corrected chi connectivity index (χ0v) is 10.3. The van der Waals surface area contributed by atoms with Crippen molar-refractivity contribution in [1.82, 2.24) is 4.57 Å². The summed E-state index contributed by atoms with van der Waals surface area (Å²) in [5.74, 6) is 0. The van der Waals surface area contributed by atoms with Gasteiger partial charge in [0.2, 0.25) is 0 Å². The van der Waals surface area contributed by atoms with E-state index in [0.29, 0.717) is 5.52 Å². The number of nitro benzene ring substituents is 1. The third kappa shape index (κ3) is 2.51. The molecule has 96 valence electrons. The Kier molecular flexibility index (Phi) is 3.94. The molecule has 0 aliphatic heterocycles. The third-order valence-corrected chi connectivity index (χ3v) is 2.96. The molecule has 0 N–H and O–H groups in total. The van der Waals surface area contributed by atoms with Gasteiger partial charge in [-0.2, -0.15) is 0 Å². The number of fused-ring (bicyclic) bond motifs is 1. The number of methoxy groups -OCH3 is 1. The number of ether oxygens (including phenoxy) is 1. The maximum Gasteiger partial charge on any atom is 0.293 e. The molecule has 0 amide bonds. The van der Waals surface area contributed by atoms with Crippen molar-refractivity contribution >= 4 is 16.6 Å². The molecule has 1 aromatic carbocycles. The predicted octanol–water partition coefficient (Wildman–Crippen LogP) is 2.98. The Morgan fingerprint density at radius 1 is 1.33 bits per heavy atom. The summed E-state index contributed by atoms with van der Waals surface area (Å²) in [4.78, 5) is 10.7. The van der Waals surface area contributed by atoms with Crippen molar-refractivity contribution in [2.45, 2.75) is 19.4 Å². The van der Waals surface area contributed by atoms with Crippen LogP contribution in [0.2, 0.25) is 0 Å². The maximum absolute atomic E-state index is 11.0. The quantitative estimate of drug-likeness (QED) is 0.448. The Bertz CT molecular complexity index is 548. The lowest BCUT2D eigenvalue weighted by atomic mass is 10.2. The van der Waals surface area contributed by atoms with Crippen LogP contribution in [0.15, 0.2) is 30.5 Å². The molecule has 0 spiro atoms. The Morgan fingerprint density at radius 3 is 2.89 bits per heavy atom. The highest BCUT2D eigenvalue weighted by molar-refractivity contribution is 5.88. The van der Waals surface area contributed by atoms with Gasteiger partial charge in [-0.15, -0.1) is 0 Å². The number of aryl methyl sites for hydroxylation is 1. The molecule has 18 heavy (non-hydrogen) atoms. The van der Waals surface area contributed by atoms with Crippen LogP contribution in [0, 0.1) is 10.1 Å². The van der Waals surface area contributed by atoms with Gasteiger partial charge in [0, 0.05) is 37.9 Å². The Labute approximate surface area is 105 Å². The number of hydrogen-bond acceptors (Lipinski definition) is 3. The molecule has 5 nitrogen and oxygen atoms in total. The van der Waals surface area contributed by atoms with Crippen molar-refractivity contribution in [2.75, 3.05) is 13.7 Å². The molecule has 0 atom stereocenters. The van der Waals surface area contributed by atoms with Crippen LogP contribution < -0.4 is 0 Å². The number of aromatic nitrogens is 1. The fourth-order valence-corrected chi connectivity index (χ4v) is 2.10. The van der Waals surface area contributed by atoms with Gasteiger partial charge >= 0.3 is 0 Å². The van der Waals surface area contributed by atoms with Crippen molar-refractivity contribution in [3.05, 3.63) is 40.6 Å². The van der Waals surface area contributed by atoms with Gasteiger partial charge in [-0.25, -0.2) is 0 Å². The third-order valence-electron chi connectivity index (χ3n) is 2.96. The molecular formula is C13H16N2O3. The smallest absolute Gasteiger partial charge is 0.293 e. The number of rotatable bonds is 6. The normalized spacial score (nSPS) is 10.9. The average Bonchev–Trinajstić information content (AvgIpc) is 2.77. The largest absolute Gasteiger partial charge is 0.385 e. The first kappa shape index (κ1) is 12.6. The van der Waals surface area contributed by atoms with Gasteiger partial charge in [0.25, 0.3) is 5.69 Å². The van der Waals surface area contributed by atoms with E-state index in [4.69, 9.17) is 4.74 Å². The molecule has 0 bridgehead atoms. The lowest BCUT2D eigenvalue weighted by Crippen LogP contribution is -2.00. The zero-order valence-electron chi connectivity index (χ0n) is 10.3. The second-order valence-corrected chi connectivity index (χ2v) is 4.18. The second-order valence-electron chi connectivity index (χ2n) is 4.18. The number of nitro groups is 1. The standard InChI is InChI=1S/C13H16N2O3/c1-18-10-3-2-8-14-9-7-11-5-4-6-12(13(11)14)15(16)17/h4-7,9H,2-3,8,10H2,1H3. The molecule has 1 heterocycles. The van der Waals surface area contributed by atoms with Gasteiger partial charge < -0.3 is 9.30 Å². The number of para-hydroxylation sites is 1. The van der Waals surface area contributed by atoms with Crippen molar-refractivity contribution in [3.8, 4) is 0 Å². The fourth-order valence-electron chi connectivity index (χ4n) is 2.10. The van der Waals surface area contributed by atoms with Crippen molar-refractivity contribution in [3.63, 3.8) is 0 Å². The van der Waals surface area contributed by atoms with Gasteiger partial charge in [-0.3, -0.25) is 10.1 Å². The molecule has 0 saturated carbocycles. The molecule has 0 saturated heterocycles. The number of nitrogens with zero attached hydrogens (tertiary/aromatic N) is 2. The van der Waals surface area contributed by atoms with E-state index >= 15 is 0 Å². The highest BCUT2D eigenvalue weighted by Crippen LogP contribution is 2.26. The molecule has 0 aliphatic carbocycles. The number of unbranched alkanes of at least 4 members (excludes halogenated alkanes) is 1. The molecule has 2 aromatic rings. The number of non-ortho nitro benzene ring substituents is 1. The van der Waals surface area contributed by atoms with E-state index in [-0.39, 0.29) is 10.6 Å². The summed E-state index contributed by atoms with van der Waals surface area (Å²) in [6.07, 6.45) is 3.81. The fraction of sp³-hybridized carbons (Fsp3) is 0.385. The molecule has 5 heteroatoms. The van der Waals surface area contributed by atoms with Gasteiger partial charge in [-0.05, 0) is 18.9 Å². The van der Waals surface area contributed by atoms with E-state index in [2.05, 4.69) is 0 Å². The molecular weight excluding hydrogens is 232 g/mol. The lowest BCUT2D eigenvalue weighted by molar-refractivity contribution is -0.383. The summed E-state index contributed by atoms with van der Waals surface area (Å²) in [6.45, 7) is 1.50. The SMILES string of the molecule is COCCCCn1ccc2cccc([N+](=O)[O-])c21. The van der Waals surface area contributed by atoms with Crippen molar-refractivity contribution < 1.29 is 9.66 Å². The summed E-state index contributed by atoms with van der Waals surface area (Å²) in [7, 11) is 1.68. The number of hydrogen-bond donors (Lipinski definition) is 0. The first-order valence-electron chi connectivity index (χ1n) is 5.95. The van der Waals surface area contributed by atoms with Crippen LogP contribution in [0.25, 0.3) is 10.9 Å². The van der Waals surface area contributed by atoms with Crippen LogP contribution in [0.3, 0.4) is 0 Å². The lowest BCUT2D eigenvalue weighted by Gasteiger charge is -2.05. The van der Waals surface area contributed by atoms with Crippen molar-refractivity contribution in [2.24, 2.45) is 0 Å². The minimum Gasteiger partial charge on any atom is -0.385 e. The van der Waals surface area contributed by atoms with E-state index in [1.807, 2.05) is 22.9 Å². The first-order valence-corrected chi connectivity index (χ1v) is 5.95. The van der Waals surface area contributed by atoms with E-state index in [9.17, 15) is 10.1 Å². The van der Waals surface area contributed by atoms with E-state index in [1.54, 1.807) is 19.2 Å². The predicted molar refractivity (Wildman–Crippen MR) is 69.7 cm³/mol. The minimum absolute atomic E-state index is 0.171. The van der Waals surface area contributed by atoms with Crippen molar-refractivity contribution in [1.29, 1.82) is 0 Å². The summed E-state index contributed by atoms with van der Waals surface area (Å²) >= 11 is 0. The van der Waals surface area contributed by atoms with E-state index in [0.717, 1.165) is 31.4 Å². The summed E-state index contributed by atoms with van der Waals surface area (Å²) in [5.41, 5.74) is 0.879. The van der Waals surface area contributed by atoms with E-state index < -0.39 is 0 Å². The number of benzene rings is 1. The van der Waals surface area contributed by atoms with Crippen LogP contribution in [0.5, 0.6) is 0 Å². The van der Waals surface area contributed by atoms with Gasteiger partial charge in [0.05, 0.1) is 4.92 Å². The maximum atomic E-state index is 11.0. The molecule has 0 aliphatic rings. The van der Waals surface area contributed by atoms with Gasteiger partial charge in [-0.1, -0.05) is 12.1 Å². The Hall–Kier alpha value is -1.88. The summed E-state index contributed by atoms with van der Waals surface area (Å²) in [5, 5.41) is 11.9. The monoisotopic (exact) mass is 248 g/mol. The Morgan fingerprint density at radius 2 is 2.17 bits per heavy atom. The highest BCUT2D eigenvalue weighted by Gasteiger charge is 2.14. The molecule has 0 fully saturated rings. The zero-order chi connectivity index (χ0) is 13.0. The average molecular weight is 248 g/mol. The molecule has 0 radical (unpaired) electrons. The topological polar surface area (TPSA) is 57.3 Å². The minimum atomic E-state index is -0.325. The Balaban J connectivity index is 2.25. The molecule has 1 aromatic heterocycles. The van der Waals surface area contributed by atoms with Gasteiger partial charge in [0.15, 0.2) is 0 Å². The summed E-state index contributed by atoms with van der Waals surface area (Å²) in [6, 6.07) is 7.08. The van der Waals surface area contributed by atoms with Crippen LogP contribution in [-0.2, 0) is 11.3 Å². The van der Waals surface area contributed by atoms with E-state index in [1.165, 1.54) is 0 Å². The first-order chi connectivity index (χ1) is 8.74. The van der Waals surface area contributed by atoms with Crippen LogP contribution in [0.1, 0.15) is 12.8 Å². The van der Waals surface area contributed by atoms with Crippen LogP contribution in [-0.4, -0.2) is 23.2 Å². The van der Waals surface area contributed by atoms with Crippen LogP contribution in [0.4, 0.5) is 5.69 Å². The molecule has 0 unspecified atom stereocenters. The van der Waals surface area contributed by atoms with Gasteiger partial charge in [0.1, 0.15) is 5.52 Å². The highest BCUT2D eigenvalue weighted by atomic mass is 16.6.